The number of fused-ring (bicyclic) bond motifs is 1. The van der Waals surface area contributed by atoms with Gasteiger partial charge in [0.2, 0.25) is 0 Å². The fourth-order valence-electron chi connectivity index (χ4n) is 4.45. The number of aromatic nitrogens is 2. The number of likely N-dealkylation sites (tertiary alicyclic amines) is 1. The van der Waals surface area contributed by atoms with Crippen LogP contribution in [0.25, 0.3) is 10.9 Å². The Kier molecular flexibility index (Phi) is 6.20. The van der Waals surface area contributed by atoms with E-state index in [-0.39, 0.29) is 12.2 Å². The third kappa shape index (κ3) is 4.48. The Bertz CT molecular complexity index is 894. The standard InChI is InChI=1S/C21H27N5O2S/c1-15-12-26(20-11-24-19(10-22)21-18(20)4-3-7-23-21)14-16(28-15)13-25-8-5-17(6-9-25)29(2)27/h3-4,7,11,15-17H,5-6,8-9,12-14H2,1-2H3. The smallest absolute Gasteiger partial charge is 0.166 e. The first-order valence-electron chi connectivity index (χ1n) is 10.1. The third-order valence-corrected chi connectivity index (χ3v) is 7.27. The quantitative estimate of drug-likeness (QED) is 0.708. The van der Waals surface area contributed by atoms with Gasteiger partial charge in [-0.3, -0.25) is 4.98 Å². The van der Waals surface area contributed by atoms with E-state index in [9.17, 15) is 9.81 Å². The van der Waals surface area contributed by atoms with Crippen molar-refractivity contribution in [3.8, 4) is 6.07 Å². The number of hydrogen-bond acceptors (Lipinski definition) is 7. The molecule has 2 aromatic heterocycles. The summed E-state index contributed by atoms with van der Waals surface area (Å²) in [5.41, 5.74) is 2.02. The number of nitriles is 1. The minimum atomic E-state index is -0.728. The lowest BCUT2D eigenvalue weighted by molar-refractivity contribution is -0.0341. The van der Waals surface area contributed by atoms with Crippen LogP contribution in [0, 0.1) is 11.3 Å². The second-order valence-corrected chi connectivity index (χ2v) is 9.64. The Morgan fingerprint density at radius 3 is 2.83 bits per heavy atom. The average molecular weight is 414 g/mol. The molecule has 29 heavy (non-hydrogen) atoms. The highest BCUT2D eigenvalue weighted by Gasteiger charge is 2.31. The van der Waals surface area contributed by atoms with Crippen molar-refractivity contribution in [3.05, 3.63) is 30.2 Å². The van der Waals surface area contributed by atoms with Gasteiger partial charge in [-0.25, -0.2) is 4.98 Å². The van der Waals surface area contributed by atoms with Crippen LogP contribution >= 0.6 is 0 Å². The molecular formula is C21H27N5O2S. The van der Waals surface area contributed by atoms with Crippen LogP contribution in [0.15, 0.2) is 24.5 Å². The maximum atomic E-state index is 11.7. The number of pyridine rings is 2. The van der Waals surface area contributed by atoms with E-state index < -0.39 is 11.2 Å². The number of anilines is 1. The first-order chi connectivity index (χ1) is 14.0. The van der Waals surface area contributed by atoms with Crippen molar-refractivity contribution < 1.29 is 9.29 Å². The molecular weight excluding hydrogens is 386 g/mol. The summed E-state index contributed by atoms with van der Waals surface area (Å²) in [5, 5.41) is 10.6. The van der Waals surface area contributed by atoms with Crippen molar-refractivity contribution in [3.63, 3.8) is 0 Å². The predicted octanol–water partition coefficient (Wildman–Crippen LogP) is 1.94. The topological polar surface area (TPSA) is 88.3 Å². The van der Waals surface area contributed by atoms with Gasteiger partial charge in [0.1, 0.15) is 16.8 Å². The van der Waals surface area contributed by atoms with Gasteiger partial charge < -0.3 is 19.1 Å². The molecule has 7 nitrogen and oxygen atoms in total. The van der Waals surface area contributed by atoms with E-state index in [1.54, 1.807) is 12.4 Å². The van der Waals surface area contributed by atoms with Crippen molar-refractivity contribution >= 4 is 27.8 Å². The van der Waals surface area contributed by atoms with E-state index in [2.05, 4.69) is 32.8 Å². The van der Waals surface area contributed by atoms with E-state index in [0.29, 0.717) is 16.5 Å². The molecule has 4 rings (SSSR count). The van der Waals surface area contributed by atoms with Gasteiger partial charge in [-0.1, -0.05) is 11.2 Å². The highest BCUT2D eigenvalue weighted by Crippen LogP contribution is 2.29. The number of morpholine rings is 1. The molecule has 0 N–H and O–H groups in total. The number of nitrogens with zero attached hydrogens (tertiary/aromatic N) is 5. The van der Waals surface area contributed by atoms with Crippen LogP contribution in [-0.4, -0.2) is 75.9 Å². The van der Waals surface area contributed by atoms with Crippen LogP contribution in [0.3, 0.4) is 0 Å². The molecule has 8 heteroatoms. The van der Waals surface area contributed by atoms with Crippen LogP contribution < -0.4 is 4.90 Å². The van der Waals surface area contributed by atoms with Crippen molar-refractivity contribution in [1.29, 1.82) is 5.26 Å². The molecule has 0 bridgehead atoms. The molecule has 2 aliphatic rings. The molecule has 0 aliphatic carbocycles. The van der Waals surface area contributed by atoms with Crippen molar-refractivity contribution in [2.24, 2.45) is 0 Å². The molecule has 0 saturated carbocycles. The minimum Gasteiger partial charge on any atom is -0.616 e. The maximum absolute atomic E-state index is 11.7. The SMILES string of the molecule is CC1CN(c2cnc(C#N)c3ncccc23)CC(CN2CCC([S+](C)[O-])CC2)O1. The van der Waals surface area contributed by atoms with Gasteiger partial charge in [0, 0.05) is 57.1 Å². The van der Waals surface area contributed by atoms with E-state index in [1.807, 2.05) is 18.4 Å². The Balaban J connectivity index is 1.49. The zero-order valence-corrected chi connectivity index (χ0v) is 17.8. The van der Waals surface area contributed by atoms with Crippen molar-refractivity contribution in [2.75, 3.05) is 43.9 Å². The van der Waals surface area contributed by atoms with Gasteiger partial charge in [-0.2, -0.15) is 5.26 Å². The van der Waals surface area contributed by atoms with Crippen molar-refractivity contribution in [2.45, 2.75) is 37.2 Å². The zero-order chi connectivity index (χ0) is 20.4. The average Bonchev–Trinajstić information content (AvgIpc) is 2.73. The summed E-state index contributed by atoms with van der Waals surface area (Å²) < 4.78 is 18.0. The lowest BCUT2D eigenvalue weighted by Gasteiger charge is -2.41. The van der Waals surface area contributed by atoms with E-state index in [1.165, 1.54) is 0 Å². The normalized spacial score (nSPS) is 25.1. The molecule has 154 valence electrons. The summed E-state index contributed by atoms with van der Waals surface area (Å²) in [5.74, 6) is 0. The molecule has 2 fully saturated rings. The molecule has 0 spiro atoms. The summed E-state index contributed by atoms with van der Waals surface area (Å²) in [6.45, 7) is 6.49. The van der Waals surface area contributed by atoms with Gasteiger partial charge in [0.15, 0.2) is 5.69 Å². The molecule has 4 heterocycles. The largest absolute Gasteiger partial charge is 0.616 e. The monoisotopic (exact) mass is 413 g/mol. The highest BCUT2D eigenvalue weighted by molar-refractivity contribution is 7.91. The zero-order valence-electron chi connectivity index (χ0n) is 17.0. The van der Waals surface area contributed by atoms with Crippen molar-refractivity contribution in [1.82, 2.24) is 14.9 Å². The Morgan fingerprint density at radius 1 is 1.31 bits per heavy atom. The molecule has 3 unspecified atom stereocenters. The fraction of sp³-hybridized carbons (Fsp3) is 0.571. The second-order valence-electron chi connectivity index (χ2n) is 7.98. The lowest BCUT2D eigenvalue weighted by atomic mass is 10.1. The number of piperidine rings is 1. The van der Waals surface area contributed by atoms with E-state index >= 15 is 0 Å². The Morgan fingerprint density at radius 2 is 2.10 bits per heavy atom. The first kappa shape index (κ1) is 20.4. The van der Waals surface area contributed by atoms with Gasteiger partial charge in [0.25, 0.3) is 0 Å². The number of ether oxygens (including phenoxy) is 1. The van der Waals surface area contributed by atoms with Gasteiger partial charge in [0.05, 0.1) is 30.3 Å². The van der Waals surface area contributed by atoms with Crippen LogP contribution in [0.5, 0.6) is 0 Å². The van der Waals surface area contributed by atoms with Crippen LogP contribution in [-0.2, 0) is 15.9 Å². The summed E-state index contributed by atoms with van der Waals surface area (Å²) in [4.78, 5) is 13.5. The van der Waals surface area contributed by atoms with Crippen LogP contribution in [0.4, 0.5) is 5.69 Å². The van der Waals surface area contributed by atoms with E-state index in [4.69, 9.17) is 4.74 Å². The Hall–Kier alpha value is -1.92. The summed E-state index contributed by atoms with van der Waals surface area (Å²) in [6.07, 6.45) is 7.50. The van der Waals surface area contributed by atoms with Gasteiger partial charge in [-0.15, -0.1) is 0 Å². The van der Waals surface area contributed by atoms with Crippen LogP contribution in [0.1, 0.15) is 25.5 Å². The molecule has 0 amide bonds. The maximum Gasteiger partial charge on any atom is 0.166 e. The second kappa shape index (κ2) is 8.84. The number of rotatable bonds is 4. The molecule has 2 saturated heterocycles. The molecule has 0 radical (unpaired) electrons. The minimum absolute atomic E-state index is 0.102. The highest BCUT2D eigenvalue weighted by atomic mass is 32.2. The fourth-order valence-corrected chi connectivity index (χ4v) is 5.32. The molecule has 2 aliphatic heterocycles. The van der Waals surface area contributed by atoms with E-state index in [0.717, 1.165) is 56.6 Å². The van der Waals surface area contributed by atoms with Gasteiger partial charge in [-0.05, 0) is 19.1 Å². The first-order valence-corrected chi connectivity index (χ1v) is 11.8. The summed E-state index contributed by atoms with van der Waals surface area (Å²) in [7, 11) is 0. The number of hydrogen-bond donors (Lipinski definition) is 0. The lowest BCUT2D eigenvalue weighted by Crippen LogP contribution is -2.52. The predicted molar refractivity (Wildman–Crippen MR) is 114 cm³/mol. The third-order valence-electron chi connectivity index (χ3n) is 5.86. The summed E-state index contributed by atoms with van der Waals surface area (Å²) >= 11 is -0.728. The Labute approximate surface area is 174 Å². The van der Waals surface area contributed by atoms with Gasteiger partial charge >= 0.3 is 0 Å². The summed E-state index contributed by atoms with van der Waals surface area (Å²) in [6, 6.07) is 6.04. The molecule has 2 aromatic rings. The van der Waals surface area contributed by atoms with Crippen LogP contribution in [0.2, 0.25) is 0 Å². The molecule has 3 atom stereocenters. The molecule has 0 aromatic carbocycles.